The van der Waals surface area contributed by atoms with E-state index < -0.39 is 0 Å². The third kappa shape index (κ3) is 7.43. The van der Waals surface area contributed by atoms with Crippen LogP contribution < -0.4 is 11.1 Å². The van der Waals surface area contributed by atoms with E-state index in [1.54, 1.807) is 0 Å². The van der Waals surface area contributed by atoms with Crippen LogP contribution >= 0.6 is 24.8 Å². The summed E-state index contributed by atoms with van der Waals surface area (Å²) in [7, 11) is 0. The van der Waals surface area contributed by atoms with Gasteiger partial charge in [-0.25, -0.2) is 0 Å². The number of nitrogens with zero attached hydrogens (tertiary/aromatic N) is 1. The van der Waals surface area contributed by atoms with Gasteiger partial charge in [-0.05, 0) is 55.6 Å². The number of hydrogen-bond donors (Lipinski definition) is 2. The van der Waals surface area contributed by atoms with E-state index in [2.05, 4.69) is 36.2 Å². The van der Waals surface area contributed by atoms with E-state index in [1.165, 1.54) is 24.8 Å². The van der Waals surface area contributed by atoms with Crippen LogP contribution in [-0.4, -0.2) is 30.4 Å². The normalized spacial score (nSPS) is 15.7. The van der Waals surface area contributed by atoms with Crippen LogP contribution in [0.2, 0.25) is 0 Å². The average molecular weight is 404 g/mol. The zero-order valence-corrected chi connectivity index (χ0v) is 17.8. The van der Waals surface area contributed by atoms with Crippen molar-refractivity contribution in [2.45, 2.75) is 58.9 Å². The fraction of sp³-hybridized carbons (Fsp3) is 0.650. The Bertz CT molecular complexity index is 530. The Morgan fingerprint density at radius 1 is 1.15 bits per heavy atom. The molecule has 1 aliphatic rings. The largest absolute Gasteiger partial charge is 0.330 e. The molecule has 1 saturated carbocycles. The van der Waals surface area contributed by atoms with Gasteiger partial charge in [0.05, 0.1) is 0 Å². The van der Waals surface area contributed by atoms with Gasteiger partial charge in [0.25, 0.3) is 0 Å². The minimum atomic E-state index is 0. The Balaban J connectivity index is 0.00000312. The summed E-state index contributed by atoms with van der Waals surface area (Å²) in [6, 6.07) is 8.20. The summed E-state index contributed by atoms with van der Waals surface area (Å²) >= 11 is 0. The van der Waals surface area contributed by atoms with E-state index in [4.69, 9.17) is 5.73 Å². The van der Waals surface area contributed by atoms with Crippen molar-refractivity contribution >= 4 is 36.4 Å². The van der Waals surface area contributed by atoms with E-state index in [1.807, 2.05) is 12.1 Å². The summed E-state index contributed by atoms with van der Waals surface area (Å²) in [5, 5.41) is 3.08. The molecule has 2 rings (SSSR count). The van der Waals surface area contributed by atoms with E-state index in [-0.39, 0.29) is 36.1 Å². The maximum absolute atomic E-state index is 12.5. The molecule has 0 aromatic heterocycles. The fourth-order valence-electron chi connectivity index (χ4n) is 3.75. The lowest BCUT2D eigenvalue weighted by Gasteiger charge is -2.35. The Labute approximate surface area is 171 Å². The summed E-state index contributed by atoms with van der Waals surface area (Å²) in [5.41, 5.74) is 8.15. The Kier molecular flexibility index (Phi) is 12.2. The minimum absolute atomic E-state index is 0. The molecule has 1 aromatic rings. The maximum Gasteiger partial charge on any atom is 0.224 e. The summed E-state index contributed by atoms with van der Waals surface area (Å²) in [6.45, 7) is 7.95. The first kappa shape index (κ1) is 25.2. The van der Waals surface area contributed by atoms with Crippen LogP contribution in [0.4, 0.5) is 5.69 Å². The molecule has 6 heteroatoms. The summed E-state index contributed by atoms with van der Waals surface area (Å²) < 4.78 is 0. The molecule has 0 spiro atoms. The first-order valence-corrected chi connectivity index (χ1v) is 9.42. The van der Waals surface area contributed by atoms with Gasteiger partial charge in [0.15, 0.2) is 0 Å². The predicted molar refractivity (Wildman–Crippen MR) is 115 cm³/mol. The third-order valence-electron chi connectivity index (χ3n) is 5.39. The van der Waals surface area contributed by atoms with E-state index in [0.29, 0.717) is 13.0 Å². The Morgan fingerprint density at radius 2 is 1.81 bits per heavy atom. The molecule has 0 unspecified atom stereocenters. The molecule has 0 radical (unpaired) electrons. The Morgan fingerprint density at radius 3 is 2.38 bits per heavy atom. The number of carbonyl (C=O) groups is 1. The van der Waals surface area contributed by atoms with Gasteiger partial charge >= 0.3 is 0 Å². The molecule has 1 aromatic carbocycles. The van der Waals surface area contributed by atoms with Gasteiger partial charge in [-0.15, -0.1) is 24.8 Å². The van der Waals surface area contributed by atoms with Gasteiger partial charge in [0.1, 0.15) is 0 Å². The summed E-state index contributed by atoms with van der Waals surface area (Å²) in [5.74, 6) is 0.0994. The van der Waals surface area contributed by atoms with E-state index in [9.17, 15) is 4.79 Å². The number of nitrogens with one attached hydrogen (secondary N) is 1. The van der Waals surface area contributed by atoms with E-state index in [0.717, 1.165) is 38.2 Å². The lowest BCUT2D eigenvalue weighted by atomic mass is 9.71. The van der Waals surface area contributed by atoms with Crippen LogP contribution in [0, 0.1) is 5.41 Å². The number of amides is 1. The second-order valence-corrected chi connectivity index (χ2v) is 7.15. The second kappa shape index (κ2) is 12.6. The van der Waals surface area contributed by atoms with Crippen LogP contribution in [0.1, 0.15) is 57.9 Å². The molecule has 4 nitrogen and oxygen atoms in total. The van der Waals surface area contributed by atoms with Crippen LogP contribution in [0.5, 0.6) is 0 Å². The highest BCUT2D eigenvalue weighted by atomic mass is 35.5. The highest BCUT2D eigenvalue weighted by Crippen LogP contribution is 2.38. The summed E-state index contributed by atoms with van der Waals surface area (Å²) in [6.07, 6.45) is 6.38. The number of anilines is 1. The van der Waals surface area contributed by atoms with Gasteiger partial charge in [0, 0.05) is 18.7 Å². The number of rotatable bonds is 8. The van der Waals surface area contributed by atoms with Crippen molar-refractivity contribution in [2.24, 2.45) is 11.1 Å². The molecule has 1 aliphatic carbocycles. The molecule has 1 fully saturated rings. The molecule has 3 N–H and O–H groups in total. The highest BCUT2D eigenvalue weighted by molar-refractivity contribution is 5.91. The van der Waals surface area contributed by atoms with Crippen molar-refractivity contribution in [2.75, 3.05) is 25.0 Å². The Hall–Kier alpha value is -0.810. The molecule has 0 bridgehead atoms. The molecular formula is C20H35Cl2N3O. The highest BCUT2D eigenvalue weighted by Gasteiger charge is 2.32. The average Bonchev–Trinajstić information content (AvgIpc) is 2.60. The third-order valence-corrected chi connectivity index (χ3v) is 5.39. The lowest BCUT2D eigenvalue weighted by Crippen LogP contribution is -2.36. The van der Waals surface area contributed by atoms with Crippen molar-refractivity contribution in [3.05, 3.63) is 29.8 Å². The molecule has 26 heavy (non-hydrogen) atoms. The SMILES string of the molecule is CCN(CC)Cc1cccc(NC(=O)CC2(CN)CCCCC2)c1.Cl.Cl. The first-order chi connectivity index (χ1) is 11.6. The molecule has 0 heterocycles. The molecule has 0 atom stereocenters. The number of halogens is 2. The number of hydrogen-bond acceptors (Lipinski definition) is 3. The molecule has 0 aliphatic heterocycles. The number of carbonyl (C=O) groups excluding carboxylic acids is 1. The van der Waals surface area contributed by atoms with Gasteiger partial charge in [-0.1, -0.05) is 45.2 Å². The molecule has 150 valence electrons. The molecular weight excluding hydrogens is 369 g/mol. The smallest absolute Gasteiger partial charge is 0.224 e. The van der Waals surface area contributed by atoms with Crippen LogP contribution in [-0.2, 0) is 11.3 Å². The molecule has 0 saturated heterocycles. The molecule has 1 amide bonds. The monoisotopic (exact) mass is 403 g/mol. The van der Waals surface area contributed by atoms with Crippen LogP contribution in [0.3, 0.4) is 0 Å². The van der Waals surface area contributed by atoms with Crippen molar-refractivity contribution in [3.63, 3.8) is 0 Å². The predicted octanol–water partition coefficient (Wildman–Crippen LogP) is 4.61. The van der Waals surface area contributed by atoms with Crippen molar-refractivity contribution < 1.29 is 4.79 Å². The van der Waals surface area contributed by atoms with Crippen molar-refractivity contribution in [1.82, 2.24) is 4.90 Å². The maximum atomic E-state index is 12.5. The zero-order valence-electron chi connectivity index (χ0n) is 16.1. The minimum Gasteiger partial charge on any atom is -0.330 e. The van der Waals surface area contributed by atoms with Gasteiger partial charge in [-0.3, -0.25) is 9.69 Å². The van der Waals surface area contributed by atoms with E-state index >= 15 is 0 Å². The second-order valence-electron chi connectivity index (χ2n) is 7.15. The topological polar surface area (TPSA) is 58.4 Å². The number of benzene rings is 1. The fourth-order valence-corrected chi connectivity index (χ4v) is 3.75. The zero-order chi connectivity index (χ0) is 17.4. The van der Waals surface area contributed by atoms with Crippen LogP contribution in [0.15, 0.2) is 24.3 Å². The quantitative estimate of drug-likeness (QED) is 0.665. The first-order valence-electron chi connectivity index (χ1n) is 9.42. The standard InChI is InChI=1S/C20H33N3O.2ClH/c1-3-23(4-2)15-17-9-8-10-18(13-17)22-19(24)14-20(16-21)11-6-5-7-12-20;;/h8-10,13H,3-7,11-12,14-16,21H2,1-2H3,(H,22,24);2*1H. The summed E-state index contributed by atoms with van der Waals surface area (Å²) in [4.78, 5) is 14.9. The van der Waals surface area contributed by atoms with Gasteiger partial charge in [0.2, 0.25) is 5.91 Å². The van der Waals surface area contributed by atoms with Crippen molar-refractivity contribution in [1.29, 1.82) is 0 Å². The lowest BCUT2D eigenvalue weighted by molar-refractivity contribution is -0.118. The van der Waals surface area contributed by atoms with Crippen LogP contribution in [0.25, 0.3) is 0 Å². The van der Waals surface area contributed by atoms with Gasteiger partial charge in [-0.2, -0.15) is 0 Å². The van der Waals surface area contributed by atoms with Gasteiger partial charge < -0.3 is 11.1 Å². The number of nitrogens with two attached hydrogens (primary N) is 1. The van der Waals surface area contributed by atoms with Crippen molar-refractivity contribution in [3.8, 4) is 0 Å².